The number of carboxylic acid groups (broad SMARTS) is 1. The van der Waals surface area contributed by atoms with E-state index in [1.165, 1.54) is 4.90 Å². The van der Waals surface area contributed by atoms with Crippen molar-refractivity contribution in [1.82, 2.24) is 9.88 Å². The predicted molar refractivity (Wildman–Crippen MR) is 74.2 cm³/mol. The first-order chi connectivity index (χ1) is 9.50. The predicted octanol–water partition coefficient (Wildman–Crippen LogP) is 1.64. The number of aromatic nitrogens is 1. The number of likely N-dealkylation sites (tertiary alicyclic amines) is 1. The molecule has 5 nitrogen and oxygen atoms in total. The van der Waals surface area contributed by atoms with Gasteiger partial charge >= 0.3 is 5.97 Å². The van der Waals surface area contributed by atoms with Crippen molar-refractivity contribution in [2.75, 3.05) is 6.54 Å². The Morgan fingerprint density at radius 2 is 2.25 bits per heavy atom. The number of carbonyl (C=O) groups excluding carboxylic acids is 1. The summed E-state index contributed by atoms with van der Waals surface area (Å²) in [5, 5.41) is 9.34. The van der Waals surface area contributed by atoms with Gasteiger partial charge in [-0.2, -0.15) is 0 Å². The molecule has 1 aromatic heterocycles. The van der Waals surface area contributed by atoms with Gasteiger partial charge in [0.1, 0.15) is 6.04 Å². The molecule has 0 saturated carbocycles. The molecule has 0 aromatic carbocycles. The van der Waals surface area contributed by atoms with E-state index in [9.17, 15) is 14.7 Å². The van der Waals surface area contributed by atoms with Crippen LogP contribution in [0, 0.1) is 12.8 Å². The fourth-order valence-electron chi connectivity index (χ4n) is 2.79. The lowest BCUT2D eigenvalue weighted by atomic mass is 9.90. The van der Waals surface area contributed by atoms with E-state index >= 15 is 0 Å². The highest BCUT2D eigenvalue weighted by atomic mass is 16.4. The number of pyridine rings is 1. The Labute approximate surface area is 118 Å². The van der Waals surface area contributed by atoms with Crippen LogP contribution in [0.5, 0.6) is 0 Å². The summed E-state index contributed by atoms with van der Waals surface area (Å²) in [7, 11) is 0. The van der Waals surface area contributed by atoms with Gasteiger partial charge in [0.25, 0.3) is 0 Å². The van der Waals surface area contributed by atoms with Crippen molar-refractivity contribution in [2.45, 2.75) is 39.2 Å². The highest BCUT2D eigenvalue weighted by molar-refractivity contribution is 5.85. The Balaban J connectivity index is 2.15. The van der Waals surface area contributed by atoms with Crippen LogP contribution in [0.4, 0.5) is 0 Å². The SMILES string of the molecule is Cc1cccnc1CC(=O)N1CCCC(C)C1C(=O)O. The van der Waals surface area contributed by atoms with Gasteiger partial charge in [0.2, 0.25) is 5.91 Å². The second kappa shape index (κ2) is 6.03. The summed E-state index contributed by atoms with van der Waals surface area (Å²) in [5.41, 5.74) is 1.68. The van der Waals surface area contributed by atoms with Crippen molar-refractivity contribution in [2.24, 2.45) is 5.92 Å². The Bertz CT molecular complexity index is 516. The van der Waals surface area contributed by atoms with Crippen LogP contribution in [-0.4, -0.2) is 39.5 Å². The van der Waals surface area contributed by atoms with Crippen LogP contribution in [0.2, 0.25) is 0 Å². The fourth-order valence-corrected chi connectivity index (χ4v) is 2.79. The van der Waals surface area contributed by atoms with E-state index in [0.29, 0.717) is 6.54 Å². The van der Waals surface area contributed by atoms with E-state index in [-0.39, 0.29) is 18.2 Å². The maximum Gasteiger partial charge on any atom is 0.326 e. The molecule has 5 heteroatoms. The highest BCUT2D eigenvalue weighted by Gasteiger charge is 2.36. The van der Waals surface area contributed by atoms with Crippen molar-refractivity contribution in [3.05, 3.63) is 29.6 Å². The third-order valence-corrected chi connectivity index (χ3v) is 3.94. The normalized spacial score (nSPS) is 22.6. The quantitative estimate of drug-likeness (QED) is 0.911. The van der Waals surface area contributed by atoms with Crippen molar-refractivity contribution in [3.8, 4) is 0 Å². The third kappa shape index (κ3) is 2.98. The average molecular weight is 276 g/mol. The molecule has 1 amide bonds. The van der Waals surface area contributed by atoms with Crippen molar-refractivity contribution >= 4 is 11.9 Å². The standard InChI is InChI=1S/C15H20N2O3/c1-10-5-3-7-16-12(10)9-13(18)17-8-4-6-11(2)14(17)15(19)20/h3,5,7,11,14H,4,6,8-9H2,1-2H3,(H,19,20). The maximum absolute atomic E-state index is 12.4. The van der Waals surface area contributed by atoms with Gasteiger partial charge < -0.3 is 10.0 Å². The lowest BCUT2D eigenvalue weighted by Crippen LogP contribution is -2.52. The summed E-state index contributed by atoms with van der Waals surface area (Å²) < 4.78 is 0. The maximum atomic E-state index is 12.4. The molecule has 1 saturated heterocycles. The largest absolute Gasteiger partial charge is 0.480 e. The Morgan fingerprint density at radius 3 is 2.90 bits per heavy atom. The number of aliphatic carboxylic acids is 1. The number of piperidine rings is 1. The first-order valence-electron chi connectivity index (χ1n) is 6.93. The fraction of sp³-hybridized carbons (Fsp3) is 0.533. The molecule has 2 unspecified atom stereocenters. The molecule has 2 atom stereocenters. The third-order valence-electron chi connectivity index (χ3n) is 3.94. The van der Waals surface area contributed by atoms with Crippen LogP contribution in [0.15, 0.2) is 18.3 Å². The van der Waals surface area contributed by atoms with Crippen molar-refractivity contribution in [1.29, 1.82) is 0 Å². The molecule has 1 N–H and O–H groups in total. The summed E-state index contributed by atoms with van der Waals surface area (Å²) in [6.07, 6.45) is 3.54. The molecule has 0 radical (unpaired) electrons. The van der Waals surface area contributed by atoms with Gasteiger partial charge in [-0.05, 0) is 37.3 Å². The van der Waals surface area contributed by atoms with Gasteiger partial charge in [0.15, 0.2) is 0 Å². The highest BCUT2D eigenvalue weighted by Crippen LogP contribution is 2.24. The van der Waals surface area contributed by atoms with Gasteiger partial charge in [0, 0.05) is 12.7 Å². The van der Waals surface area contributed by atoms with Crippen LogP contribution in [0.25, 0.3) is 0 Å². The molecule has 1 aliphatic heterocycles. The van der Waals surface area contributed by atoms with Crippen LogP contribution in [-0.2, 0) is 16.0 Å². The molecule has 20 heavy (non-hydrogen) atoms. The molecule has 108 valence electrons. The molecule has 1 fully saturated rings. The van der Waals surface area contributed by atoms with Crippen LogP contribution < -0.4 is 0 Å². The number of amides is 1. The first kappa shape index (κ1) is 14.5. The molecular formula is C15H20N2O3. The molecular weight excluding hydrogens is 256 g/mol. The minimum Gasteiger partial charge on any atom is -0.480 e. The Hall–Kier alpha value is -1.91. The number of hydrogen-bond donors (Lipinski definition) is 1. The summed E-state index contributed by atoms with van der Waals surface area (Å²) in [6.45, 7) is 4.32. The van der Waals surface area contributed by atoms with E-state index in [4.69, 9.17) is 0 Å². The van der Waals surface area contributed by atoms with Crippen molar-refractivity contribution in [3.63, 3.8) is 0 Å². The zero-order chi connectivity index (χ0) is 14.7. The minimum atomic E-state index is -0.914. The molecule has 0 bridgehead atoms. The van der Waals surface area contributed by atoms with Crippen molar-refractivity contribution < 1.29 is 14.7 Å². The second-order valence-corrected chi connectivity index (χ2v) is 5.43. The number of nitrogens with zero attached hydrogens (tertiary/aromatic N) is 2. The molecule has 1 aromatic rings. The van der Waals surface area contributed by atoms with Gasteiger partial charge in [-0.3, -0.25) is 9.78 Å². The number of carbonyl (C=O) groups is 2. The van der Waals surface area contributed by atoms with Crippen LogP contribution >= 0.6 is 0 Å². The molecule has 1 aliphatic rings. The van der Waals surface area contributed by atoms with Gasteiger partial charge in [0.05, 0.1) is 12.1 Å². The Kier molecular flexibility index (Phi) is 4.37. The molecule has 0 aliphatic carbocycles. The zero-order valence-electron chi connectivity index (χ0n) is 11.9. The smallest absolute Gasteiger partial charge is 0.326 e. The first-order valence-corrected chi connectivity index (χ1v) is 6.93. The number of hydrogen-bond acceptors (Lipinski definition) is 3. The Morgan fingerprint density at radius 1 is 1.50 bits per heavy atom. The van der Waals surface area contributed by atoms with Crippen LogP contribution in [0.3, 0.4) is 0 Å². The van der Waals surface area contributed by atoms with E-state index in [1.807, 2.05) is 26.0 Å². The van der Waals surface area contributed by atoms with Crippen LogP contribution in [0.1, 0.15) is 31.0 Å². The van der Waals surface area contributed by atoms with Gasteiger partial charge in [-0.25, -0.2) is 4.79 Å². The summed E-state index contributed by atoms with van der Waals surface area (Å²) in [5.74, 6) is -1.07. The van der Waals surface area contributed by atoms with E-state index in [0.717, 1.165) is 24.1 Å². The lowest BCUT2D eigenvalue weighted by molar-refractivity contribution is -0.154. The molecule has 2 rings (SSSR count). The summed E-state index contributed by atoms with van der Waals surface area (Å²) >= 11 is 0. The minimum absolute atomic E-state index is 0.00460. The lowest BCUT2D eigenvalue weighted by Gasteiger charge is -2.37. The summed E-state index contributed by atoms with van der Waals surface area (Å²) in [6, 6.07) is 3.02. The average Bonchev–Trinajstić information content (AvgIpc) is 2.40. The van der Waals surface area contributed by atoms with E-state index < -0.39 is 12.0 Å². The second-order valence-electron chi connectivity index (χ2n) is 5.43. The number of aryl methyl sites for hydroxylation is 1. The monoisotopic (exact) mass is 276 g/mol. The van der Waals surface area contributed by atoms with Gasteiger partial charge in [-0.15, -0.1) is 0 Å². The topological polar surface area (TPSA) is 70.5 Å². The molecule has 2 heterocycles. The number of rotatable bonds is 3. The number of carboxylic acids is 1. The van der Waals surface area contributed by atoms with E-state index in [2.05, 4.69) is 4.98 Å². The van der Waals surface area contributed by atoms with Gasteiger partial charge in [-0.1, -0.05) is 13.0 Å². The summed E-state index contributed by atoms with van der Waals surface area (Å²) in [4.78, 5) is 29.5. The van der Waals surface area contributed by atoms with E-state index in [1.54, 1.807) is 6.20 Å². The molecule has 0 spiro atoms. The zero-order valence-corrected chi connectivity index (χ0v) is 11.9.